The van der Waals surface area contributed by atoms with Crippen LogP contribution in [-0.4, -0.2) is 25.0 Å². The van der Waals surface area contributed by atoms with Gasteiger partial charge in [-0.1, -0.05) is 23.2 Å². The first-order valence-electron chi connectivity index (χ1n) is 5.62. The van der Waals surface area contributed by atoms with E-state index in [1.54, 1.807) is 12.1 Å². The summed E-state index contributed by atoms with van der Waals surface area (Å²) in [6.07, 6.45) is 0.736. The molecule has 5 nitrogen and oxygen atoms in total. The zero-order valence-corrected chi connectivity index (χ0v) is 11.6. The molecule has 7 heteroatoms. The molecular weight excluding hydrogens is 291 g/mol. The Balaban J connectivity index is 2.30. The summed E-state index contributed by atoms with van der Waals surface area (Å²) in [4.78, 5) is 21.9. The van der Waals surface area contributed by atoms with Gasteiger partial charge in [-0.05, 0) is 18.6 Å². The van der Waals surface area contributed by atoms with Crippen molar-refractivity contribution < 1.29 is 14.3 Å². The number of hydrogen-bond acceptors (Lipinski definition) is 3. The lowest BCUT2D eigenvalue weighted by atomic mass is 10.3. The Kier molecular flexibility index (Phi) is 6.45. The van der Waals surface area contributed by atoms with Crippen LogP contribution >= 0.6 is 23.2 Å². The Bertz CT molecular complexity index is 466. The second kappa shape index (κ2) is 7.86. The molecule has 1 aromatic carbocycles. The Morgan fingerprint density at radius 1 is 1.32 bits per heavy atom. The van der Waals surface area contributed by atoms with Crippen LogP contribution in [0.4, 0.5) is 0 Å². The molecule has 0 saturated carbocycles. The number of carbonyl (C=O) groups is 2. The van der Waals surface area contributed by atoms with E-state index in [2.05, 4.69) is 5.32 Å². The summed E-state index contributed by atoms with van der Waals surface area (Å²) in [6, 6.07) is 4.74. The predicted octanol–water partition coefficient (Wildman–Crippen LogP) is 1.75. The van der Waals surface area contributed by atoms with Gasteiger partial charge in [-0.2, -0.15) is 0 Å². The Labute approximate surface area is 121 Å². The van der Waals surface area contributed by atoms with E-state index >= 15 is 0 Å². The van der Waals surface area contributed by atoms with Crippen molar-refractivity contribution in [3.05, 3.63) is 28.2 Å². The smallest absolute Gasteiger partial charge is 0.257 e. The van der Waals surface area contributed by atoms with Gasteiger partial charge >= 0.3 is 0 Å². The van der Waals surface area contributed by atoms with Crippen molar-refractivity contribution >= 4 is 35.0 Å². The Hall–Kier alpha value is -1.46. The first-order chi connectivity index (χ1) is 8.99. The number of nitrogens with one attached hydrogen (secondary N) is 1. The van der Waals surface area contributed by atoms with E-state index in [1.807, 2.05) is 0 Å². The van der Waals surface area contributed by atoms with E-state index in [-0.39, 0.29) is 18.9 Å². The molecule has 1 aromatic rings. The van der Waals surface area contributed by atoms with Crippen LogP contribution in [0, 0.1) is 0 Å². The van der Waals surface area contributed by atoms with Crippen LogP contribution in [0.5, 0.6) is 5.75 Å². The van der Waals surface area contributed by atoms with Crippen LogP contribution < -0.4 is 15.8 Å². The van der Waals surface area contributed by atoms with Crippen LogP contribution in [0.15, 0.2) is 18.2 Å². The van der Waals surface area contributed by atoms with Gasteiger partial charge in [-0.15, -0.1) is 0 Å². The van der Waals surface area contributed by atoms with Gasteiger partial charge in [0.2, 0.25) is 5.91 Å². The van der Waals surface area contributed by atoms with Crippen LogP contribution in [-0.2, 0) is 9.59 Å². The van der Waals surface area contributed by atoms with Crippen molar-refractivity contribution in [1.29, 1.82) is 0 Å². The van der Waals surface area contributed by atoms with Gasteiger partial charge in [0.05, 0.1) is 5.02 Å². The fraction of sp³-hybridized carbons (Fsp3) is 0.333. The van der Waals surface area contributed by atoms with E-state index in [0.717, 1.165) is 0 Å². The number of halogens is 2. The standard InChI is InChI=1S/C12H14Cl2N2O3/c13-8-3-4-9(14)10(6-8)19-7-12(18)16-5-1-2-11(15)17/h3-4,6H,1-2,5,7H2,(H2,15,17)(H,16,18). The van der Waals surface area contributed by atoms with E-state index in [1.165, 1.54) is 6.07 Å². The fourth-order valence-electron chi connectivity index (χ4n) is 1.27. The van der Waals surface area contributed by atoms with Crippen molar-refractivity contribution in [2.24, 2.45) is 5.73 Å². The third-order valence-corrected chi connectivity index (χ3v) is 2.72. The minimum Gasteiger partial charge on any atom is -0.482 e. The van der Waals surface area contributed by atoms with E-state index in [4.69, 9.17) is 33.7 Å². The molecule has 0 saturated heterocycles. The van der Waals surface area contributed by atoms with Crippen LogP contribution in [0.2, 0.25) is 10.0 Å². The lowest BCUT2D eigenvalue weighted by molar-refractivity contribution is -0.123. The van der Waals surface area contributed by atoms with E-state index in [9.17, 15) is 9.59 Å². The molecule has 0 atom stereocenters. The molecule has 0 bridgehead atoms. The van der Waals surface area contributed by atoms with Crippen molar-refractivity contribution in [3.8, 4) is 5.75 Å². The highest BCUT2D eigenvalue weighted by atomic mass is 35.5. The topological polar surface area (TPSA) is 81.4 Å². The molecule has 3 N–H and O–H groups in total. The highest BCUT2D eigenvalue weighted by Crippen LogP contribution is 2.27. The summed E-state index contributed by atoms with van der Waals surface area (Å²) < 4.78 is 5.24. The number of hydrogen-bond donors (Lipinski definition) is 2. The van der Waals surface area contributed by atoms with Gasteiger partial charge in [-0.3, -0.25) is 9.59 Å². The molecule has 0 aliphatic heterocycles. The predicted molar refractivity (Wildman–Crippen MR) is 73.4 cm³/mol. The molecule has 0 aromatic heterocycles. The maximum absolute atomic E-state index is 11.4. The molecular formula is C12H14Cl2N2O3. The SMILES string of the molecule is NC(=O)CCCNC(=O)COc1cc(Cl)ccc1Cl. The van der Waals surface area contributed by atoms with Gasteiger partial charge in [0.1, 0.15) is 5.75 Å². The van der Waals surface area contributed by atoms with E-state index < -0.39 is 5.91 Å². The molecule has 2 amide bonds. The van der Waals surface area contributed by atoms with Crippen LogP contribution in [0.3, 0.4) is 0 Å². The lowest BCUT2D eigenvalue weighted by Crippen LogP contribution is -2.30. The minimum absolute atomic E-state index is 0.170. The van der Waals surface area contributed by atoms with Crippen molar-refractivity contribution in [1.82, 2.24) is 5.32 Å². The highest BCUT2D eigenvalue weighted by Gasteiger charge is 2.06. The molecule has 104 valence electrons. The maximum Gasteiger partial charge on any atom is 0.257 e. The summed E-state index contributed by atoms with van der Waals surface area (Å²) in [6.45, 7) is 0.199. The van der Waals surface area contributed by atoms with Crippen LogP contribution in [0.25, 0.3) is 0 Å². The molecule has 19 heavy (non-hydrogen) atoms. The van der Waals surface area contributed by atoms with Crippen molar-refractivity contribution in [3.63, 3.8) is 0 Å². The molecule has 0 radical (unpaired) electrons. The zero-order valence-electron chi connectivity index (χ0n) is 10.1. The molecule has 0 unspecified atom stereocenters. The van der Waals surface area contributed by atoms with Gasteiger partial charge in [0.25, 0.3) is 5.91 Å². The average Bonchev–Trinajstić information content (AvgIpc) is 2.35. The third kappa shape index (κ3) is 6.31. The average molecular weight is 305 g/mol. The second-order valence-electron chi connectivity index (χ2n) is 3.78. The zero-order chi connectivity index (χ0) is 14.3. The number of amides is 2. The first kappa shape index (κ1) is 15.6. The fourth-order valence-corrected chi connectivity index (χ4v) is 1.61. The minimum atomic E-state index is -0.392. The van der Waals surface area contributed by atoms with E-state index in [0.29, 0.717) is 28.8 Å². The summed E-state index contributed by atoms with van der Waals surface area (Å²) in [5.41, 5.74) is 4.97. The summed E-state index contributed by atoms with van der Waals surface area (Å²) >= 11 is 11.7. The Morgan fingerprint density at radius 3 is 2.74 bits per heavy atom. The summed E-state index contributed by atoms with van der Waals surface area (Å²) in [5.74, 6) is -0.349. The second-order valence-corrected chi connectivity index (χ2v) is 4.63. The number of rotatable bonds is 7. The number of benzene rings is 1. The number of ether oxygens (including phenoxy) is 1. The molecule has 0 fully saturated rings. The highest BCUT2D eigenvalue weighted by molar-refractivity contribution is 6.34. The van der Waals surface area contributed by atoms with Crippen molar-refractivity contribution in [2.45, 2.75) is 12.8 Å². The van der Waals surface area contributed by atoms with Gasteiger partial charge in [0.15, 0.2) is 6.61 Å². The summed E-state index contributed by atoms with van der Waals surface area (Å²) in [5, 5.41) is 3.45. The largest absolute Gasteiger partial charge is 0.482 e. The first-order valence-corrected chi connectivity index (χ1v) is 6.37. The number of carbonyl (C=O) groups excluding carboxylic acids is 2. The van der Waals surface area contributed by atoms with Gasteiger partial charge < -0.3 is 15.8 Å². The third-order valence-electron chi connectivity index (χ3n) is 2.17. The lowest BCUT2D eigenvalue weighted by Gasteiger charge is -2.08. The van der Waals surface area contributed by atoms with Gasteiger partial charge in [0, 0.05) is 24.1 Å². The Morgan fingerprint density at radius 2 is 2.05 bits per heavy atom. The maximum atomic E-state index is 11.4. The number of nitrogens with two attached hydrogens (primary N) is 1. The quantitative estimate of drug-likeness (QED) is 0.753. The molecule has 0 heterocycles. The molecule has 0 aliphatic rings. The van der Waals surface area contributed by atoms with Gasteiger partial charge in [-0.25, -0.2) is 0 Å². The van der Waals surface area contributed by atoms with Crippen molar-refractivity contribution in [2.75, 3.05) is 13.2 Å². The summed E-state index contributed by atoms with van der Waals surface area (Å²) in [7, 11) is 0. The molecule has 0 aliphatic carbocycles. The molecule has 0 spiro atoms. The number of primary amides is 1. The van der Waals surface area contributed by atoms with Crippen LogP contribution in [0.1, 0.15) is 12.8 Å². The monoisotopic (exact) mass is 304 g/mol. The normalized spacial score (nSPS) is 10.0. The molecule has 1 rings (SSSR count).